The topological polar surface area (TPSA) is 42.4 Å². The molecule has 2 aromatic heterocycles. The fourth-order valence-corrected chi connectivity index (χ4v) is 4.54. The average Bonchev–Trinajstić information content (AvgIpc) is 3.32. The van der Waals surface area contributed by atoms with Gasteiger partial charge in [0.2, 0.25) is 5.91 Å². The molecule has 0 unspecified atom stereocenters. The first-order valence-electron chi connectivity index (χ1n) is 8.83. The lowest BCUT2D eigenvalue weighted by molar-refractivity contribution is -0.126. The molecule has 0 aliphatic carbocycles. The molecular weight excluding hydrogens is 376 g/mol. The molecule has 3 aromatic rings. The molecule has 0 atom stereocenters. The van der Waals surface area contributed by atoms with E-state index < -0.39 is 0 Å². The Morgan fingerprint density at radius 1 is 1.33 bits per heavy atom. The zero-order chi connectivity index (χ0) is 18.6. The summed E-state index contributed by atoms with van der Waals surface area (Å²) in [4.78, 5) is 20.2. The van der Waals surface area contributed by atoms with Crippen LogP contribution in [0, 0.1) is 6.92 Å². The molecule has 0 N–H and O–H groups in total. The van der Waals surface area contributed by atoms with E-state index in [0.29, 0.717) is 13.2 Å². The molecule has 0 radical (unpaired) electrons. The van der Waals surface area contributed by atoms with Crippen LogP contribution < -0.4 is 4.74 Å². The number of aryl methyl sites for hydroxylation is 1. The summed E-state index contributed by atoms with van der Waals surface area (Å²) in [6.45, 7) is 3.93. The zero-order valence-corrected chi connectivity index (χ0v) is 16.7. The maximum Gasteiger partial charge on any atom is 0.246 e. The van der Waals surface area contributed by atoms with E-state index in [1.807, 2.05) is 47.5 Å². The molecule has 0 saturated carbocycles. The van der Waals surface area contributed by atoms with Crippen LogP contribution in [0.5, 0.6) is 5.75 Å². The Kier molecular flexibility index (Phi) is 5.36. The number of carbonyl (C=O) groups is 1. The van der Waals surface area contributed by atoms with Gasteiger partial charge in [0.1, 0.15) is 12.4 Å². The quantitative estimate of drug-likeness (QED) is 0.588. The fraction of sp³-hybridized carbons (Fsp3) is 0.238. The number of hydrogen-bond donors (Lipinski definition) is 0. The van der Waals surface area contributed by atoms with E-state index >= 15 is 0 Å². The highest BCUT2D eigenvalue weighted by atomic mass is 32.1. The van der Waals surface area contributed by atoms with Crippen molar-refractivity contribution in [2.75, 3.05) is 6.54 Å². The number of nitrogens with zero attached hydrogens (tertiary/aromatic N) is 2. The molecule has 3 heterocycles. The molecule has 1 amide bonds. The van der Waals surface area contributed by atoms with Crippen molar-refractivity contribution in [3.05, 3.63) is 73.9 Å². The summed E-state index contributed by atoms with van der Waals surface area (Å²) in [6, 6.07) is 9.88. The van der Waals surface area contributed by atoms with Gasteiger partial charge in [0.15, 0.2) is 0 Å². The third-order valence-corrected chi connectivity index (χ3v) is 6.29. The van der Waals surface area contributed by atoms with Crippen molar-refractivity contribution >= 4 is 34.7 Å². The number of ether oxygens (including phenoxy) is 1. The molecule has 138 valence electrons. The number of amides is 1. The van der Waals surface area contributed by atoms with E-state index in [9.17, 15) is 4.79 Å². The zero-order valence-electron chi connectivity index (χ0n) is 15.1. The van der Waals surface area contributed by atoms with Gasteiger partial charge in [-0.1, -0.05) is 12.1 Å². The van der Waals surface area contributed by atoms with Gasteiger partial charge in [0.05, 0.1) is 10.7 Å². The first-order valence-corrected chi connectivity index (χ1v) is 10.6. The Hall–Kier alpha value is -2.44. The van der Waals surface area contributed by atoms with Gasteiger partial charge in [-0.25, -0.2) is 4.98 Å². The van der Waals surface area contributed by atoms with E-state index in [2.05, 4.69) is 16.4 Å². The molecule has 1 aliphatic rings. The third-order valence-electron chi connectivity index (χ3n) is 4.45. The van der Waals surface area contributed by atoms with E-state index in [1.165, 1.54) is 10.4 Å². The molecule has 6 heteroatoms. The van der Waals surface area contributed by atoms with Crippen LogP contribution in [-0.4, -0.2) is 22.3 Å². The highest BCUT2D eigenvalue weighted by molar-refractivity contribution is 7.10. The minimum Gasteiger partial charge on any atom is -0.487 e. The highest BCUT2D eigenvalue weighted by Crippen LogP contribution is 2.24. The lowest BCUT2D eigenvalue weighted by Gasteiger charge is -2.25. The highest BCUT2D eigenvalue weighted by Gasteiger charge is 2.19. The van der Waals surface area contributed by atoms with E-state index in [1.54, 1.807) is 28.7 Å². The summed E-state index contributed by atoms with van der Waals surface area (Å²) in [6.07, 6.45) is 4.46. The van der Waals surface area contributed by atoms with Crippen LogP contribution in [0.4, 0.5) is 0 Å². The van der Waals surface area contributed by atoms with Crippen molar-refractivity contribution in [1.82, 2.24) is 9.88 Å². The second kappa shape index (κ2) is 8.06. The van der Waals surface area contributed by atoms with Gasteiger partial charge in [-0.15, -0.1) is 22.7 Å². The van der Waals surface area contributed by atoms with Crippen molar-refractivity contribution in [3.8, 4) is 5.75 Å². The van der Waals surface area contributed by atoms with E-state index in [-0.39, 0.29) is 5.91 Å². The summed E-state index contributed by atoms with van der Waals surface area (Å²) < 4.78 is 5.82. The first kappa shape index (κ1) is 17.9. The summed E-state index contributed by atoms with van der Waals surface area (Å²) >= 11 is 3.40. The molecular formula is C21H20N2O2S2. The second-order valence-electron chi connectivity index (χ2n) is 6.43. The smallest absolute Gasteiger partial charge is 0.246 e. The van der Waals surface area contributed by atoms with Gasteiger partial charge in [-0.05, 0) is 54.1 Å². The third kappa shape index (κ3) is 4.46. The molecule has 4 rings (SSSR count). The molecule has 0 fully saturated rings. The summed E-state index contributed by atoms with van der Waals surface area (Å²) in [5, 5.41) is 5.15. The Balaban J connectivity index is 1.36. The lowest BCUT2D eigenvalue weighted by atomic mass is 10.1. The molecule has 1 aliphatic heterocycles. The minimum atomic E-state index is 0.0520. The number of rotatable bonds is 5. The average molecular weight is 397 g/mol. The van der Waals surface area contributed by atoms with Crippen molar-refractivity contribution in [1.29, 1.82) is 0 Å². The number of thiophene rings is 1. The van der Waals surface area contributed by atoms with Crippen LogP contribution in [-0.2, 0) is 24.4 Å². The van der Waals surface area contributed by atoms with Gasteiger partial charge >= 0.3 is 0 Å². The van der Waals surface area contributed by atoms with Gasteiger partial charge < -0.3 is 9.64 Å². The van der Waals surface area contributed by atoms with Crippen LogP contribution in [0.15, 0.2) is 47.2 Å². The molecule has 4 nitrogen and oxygen atoms in total. The van der Waals surface area contributed by atoms with Gasteiger partial charge in [-0.2, -0.15) is 0 Å². The molecule has 0 saturated heterocycles. The number of hydrogen-bond acceptors (Lipinski definition) is 5. The number of fused-ring (bicyclic) bond motifs is 1. The summed E-state index contributed by atoms with van der Waals surface area (Å²) in [5.74, 6) is 0.826. The van der Waals surface area contributed by atoms with Crippen molar-refractivity contribution in [3.63, 3.8) is 0 Å². The van der Waals surface area contributed by atoms with Crippen LogP contribution in [0.1, 0.15) is 26.7 Å². The van der Waals surface area contributed by atoms with Gasteiger partial charge in [0.25, 0.3) is 0 Å². The maximum absolute atomic E-state index is 12.5. The molecule has 0 bridgehead atoms. The lowest BCUT2D eigenvalue weighted by Crippen LogP contribution is -2.34. The standard InChI is InChI=1S/C21H20N2O2S2/c1-15-22-18(14-27-15)13-25-19-4-2-3-16(11-19)5-6-21(24)23-9-7-20-17(12-23)8-10-26-20/h2-6,8,10-11,14H,7,9,12-13H2,1H3. The summed E-state index contributed by atoms with van der Waals surface area (Å²) in [5.41, 5.74) is 3.16. The summed E-state index contributed by atoms with van der Waals surface area (Å²) in [7, 11) is 0. The number of aromatic nitrogens is 1. The van der Waals surface area contributed by atoms with Crippen LogP contribution in [0.2, 0.25) is 0 Å². The predicted octanol–water partition coefficient (Wildman–Crippen LogP) is 4.69. The van der Waals surface area contributed by atoms with Crippen LogP contribution in [0.25, 0.3) is 6.08 Å². The maximum atomic E-state index is 12.5. The van der Waals surface area contributed by atoms with Gasteiger partial charge in [0, 0.05) is 29.4 Å². The van der Waals surface area contributed by atoms with E-state index in [4.69, 9.17) is 4.74 Å². The fourth-order valence-electron chi connectivity index (χ4n) is 3.05. The second-order valence-corrected chi connectivity index (χ2v) is 8.49. The Bertz CT molecular complexity index is 974. The number of benzene rings is 1. The van der Waals surface area contributed by atoms with Gasteiger partial charge in [-0.3, -0.25) is 4.79 Å². The van der Waals surface area contributed by atoms with E-state index in [0.717, 1.165) is 35.0 Å². The van der Waals surface area contributed by atoms with Crippen LogP contribution in [0.3, 0.4) is 0 Å². The monoisotopic (exact) mass is 396 g/mol. The predicted molar refractivity (Wildman–Crippen MR) is 110 cm³/mol. The largest absolute Gasteiger partial charge is 0.487 e. The Labute approximate surface area is 166 Å². The number of carbonyl (C=O) groups excluding carboxylic acids is 1. The molecule has 1 aromatic carbocycles. The molecule has 0 spiro atoms. The Morgan fingerprint density at radius 2 is 2.26 bits per heavy atom. The normalized spacial score (nSPS) is 13.7. The SMILES string of the molecule is Cc1nc(COc2cccc(C=CC(=O)N3CCc4sccc4C3)c2)cs1. The molecule has 27 heavy (non-hydrogen) atoms. The number of thiazole rings is 1. The Morgan fingerprint density at radius 3 is 3.11 bits per heavy atom. The first-order chi connectivity index (χ1) is 13.2. The van der Waals surface area contributed by atoms with Crippen LogP contribution >= 0.6 is 22.7 Å². The van der Waals surface area contributed by atoms with Crippen molar-refractivity contribution < 1.29 is 9.53 Å². The van der Waals surface area contributed by atoms with Crippen molar-refractivity contribution in [2.24, 2.45) is 0 Å². The minimum absolute atomic E-state index is 0.0520. The van der Waals surface area contributed by atoms with Crippen molar-refractivity contribution in [2.45, 2.75) is 26.5 Å².